The quantitative estimate of drug-likeness (QED) is 0.780. The molecule has 0 saturated heterocycles. The molecule has 2 fully saturated rings. The van der Waals surface area contributed by atoms with Crippen LogP contribution >= 0.6 is 0 Å². The van der Waals surface area contributed by atoms with Crippen LogP contribution in [0.2, 0.25) is 0 Å². The van der Waals surface area contributed by atoms with Crippen LogP contribution in [0.3, 0.4) is 0 Å². The van der Waals surface area contributed by atoms with Gasteiger partial charge in [0.2, 0.25) is 0 Å². The molecule has 1 unspecified atom stereocenters. The topological polar surface area (TPSA) is 34.1 Å². The van der Waals surface area contributed by atoms with Gasteiger partial charge in [0.1, 0.15) is 4.75 Å². The zero-order chi connectivity index (χ0) is 14.5. The predicted molar refractivity (Wildman–Crippen MR) is 81.0 cm³/mol. The van der Waals surface area contributed by atoms with Gasteiger partial charge in [-0.25, -0.2) is 0 Å². The van der Waals surface area contributed by atoms with Gasteiger partial charge in [0.15, 0.2) is 5.78 Å². The molecule has 0 aromatic heterocycles. The van der Waals surface area contributed by atoms with Crippen molar-refractivity contribution in [2.24, 2.45) is 5.41 Å². The monoisotopic (exact) mass is 288 g/mol. The van der Waals surface area contributed by atoms with E-state index >= 15 is 0 Å². The summed E-state index contributed by atoms with van der Waals surface area (Å²) >= 11 is 0. The Hall–Kier alpha value is -1.22. The third-order valence-corrected chi connectivity index (χ3v) is 6.96. The SMILES string of the molecule is C=C1C[C@@]2(S(=O)c3ccc(C)cc3)C[C@]1(C)CCC2=O. The van der Waals surface area contributed by atoms with E-state index in [1.54, 1.807) is 0 Å². The smallest absolute Gasteiger partial charge is 0.152 e. The zero-order valence-corrected chi connectivity index (χ0v) is 12.9. The predicted octanol–water partition coefficient (Wildman–Crippen LogP) is 3.56. The average Bonchev–Trinajstić information content (AvgIpc) is 2.65. The summed E-state index contributed by atoms with van der Waals surface area (Å²) in [4.78, 5) is 13.3. The van der Waals surface area contributed by atoms with Crippen LogP contribution in [-0.4, -0.2) is 14.7 Å². The van der Waals surface area contributed by atoms with Crippen molar-refractivity contribution in [3.63, 3.8) is 0 Å². The van der Waals surface area contributed by atoms with Crippen molar-refractivity contribution in [2.45, 2.75) is 49.2 Å². The maximum Gasteiger partial charge on any atom is 0.152 e. The van der Waals surface area contributed by atoms with Crippen LogP contribution in [0.15, 0.2) is 41.3 Å². The standard InChI is InChI=1S/C17H20O2S/c1-12-4-6-14(7-5-12)20(19)17-10-13(2)16(3,11-17)9-8-15(17)18/h4-7H,2,8-11H2,1,3H3/t16-,17+,20?/m0/s1. The minimum absolute atomic E-state index is 0.00569. The molecule has 0 heterocycles. The first-order valence-corrected chi connectivity index (χ1v) is 8.23. The van der Waals surface area contributed by atoms with Crippen molar-refractivity contribution in [2.75, 3.05) is 0 Å². The third-order valence-electron chi connectivity index (χ3n) is 5.03. The second-order valence-electron chi connectivity index (χ2n) is 6.52. The molecule has 1 aromatic rings. The van der Waals surface area contributed by atoms with Crippen molar-refractivity contribution in [1.82, 2.24) is 0 Å². The summed E-state index contributed by atoms with van der Waals surface area (Å²) in [6.07, 6.45) is 2.67. The van der Waals surface area contributed by atoms with Crippen LogP contribution in [0.5, 0.6) is 0 Å². The highest BCUT2D eigenvalue weighted by molar-refractivity contribution is 7.87. The van der Waals surface area contributed by atoms with Crippen molar-refractivity contribution in [3.8, 4) is 0 Å². The number of fused-ring (bicyclic) bond motifs is 2. The Morgan fingerprint density at radius 3 is 2.55 bits per heavy atom. The Morgan fingerprint density at radius 1 is 1.25 bits per heavy atom. The number of hydrogen-bond donors (Lipinski definition) is 0. The number of ketones is 1. The lowest BCUT2D eigenvalue weighted by molar-refractivity contribution is -0.123. The molecule has 1 aromatic carbocycles. The van der Waals surface area contributed by atoms with Gasteiger partial charge >= 0.3 is 0 Å². The van der Waals surface area contributed by atoms with Crippen molar-refractivity contribution in [3.05, 3.63) is 42.0 Å². The van der Waals surface area contributed by atoms with Crippen LogP contribution in [0.4, 0.5) is 0 Å². The number of allylic oxidation sites excluding steroid dienone is 1. The number of Topliss-reactive ketones (excluding diaryl/α,β-unsaturated/α-hetero) is 1. The second-order valence-corrected chi connectivity index (χ2v) is 8.31. The van der Waals surface area contributed by atoms with E-state index in [4.69, 9.17) is 0 Å². The van der Waals surface area contributed by atoms with Gasteiger partial charge < -0.3 is 0 Å². The molecule has 3 rings (SSSR count). The molecule has 2 aliphatic rings. The molecular formula is C17H20O2S. The summed E-state index contributed by atoms with van der Waals surface area (Å²) < 4.78 is 12.3. The molecule has 3 atom stereocenters. The van der Waals surface area contributed by atoms with Gasteiger partial charge in [0.05, 0.1) is 10.8 Å². The Morgan fingerprint density at radius 2 is 1.90 bits per heavy atom. The van der Waals surface area contributed by atoms with E-state index in [0.29, 0.717) is 19.3 Å². The van der Waals surface area contributed by atoms with Gasteiger partial charge in [-0.1, -0.05) is 36.8 Å². The van der Waals surface area contributed by atoms with E-state index in [9.17, 15) is 9.00 Å². The highest BCUT2D eigenvalue weighted by atomic mass is 32.2. The first-order chi connectivity index (χ1) is 9.37. The lowest BCUT2D eigenvalue weighted by Crippen LogP contribution is -2.44. The largest absolute Gasteiger partial charge is 0.298 e. The summed E-state index contributed by atoms with van der Waals surface area (Å²) in [5.74, 6) is 0.160. The van der Waals surface area contributed by atoms with Crippen LogP contribution in [0.25, 0.3) is 0 Å². The lowest BCUT2D eigenvalue weighted by atomic mass is 9.75. The number of benzene rings is 1. The lowest BCUT2D eigenvalue weighted by Gasteiger charge is -2.35. The van der Waals surface area contributed by atoms with Crippen LogP contribution in [0, 0.1) is 12.3 Å². The van der Waals surface area contributed by atoms with Crippen LogP contribution < -0.4 is 0 Å². The molecule has 2 nitrogen and oxygen atoms in total. The van der Waals surface area contributed by atoms with Gasteiger partial charge in [-0.3, -0.25) is 9.00 Å². The first kappa shape index (κ1) is 13.7. The number of hydrogen-bond acceptors (Lipinski definition) is 2. The van der Waals surface area contributed by atoms with E-state index in [1.807, 2.05) is 31.2 Å². The Balaban J connectivity index is 2.03. The summed E-state index contributed by atoms with van der Waals surface area (Å²) in [5, 5.41) is 0. The molecule has 3 heteroatoms. The summed E-state index contributed by atoms with van der Waals surface area (Å²) in [6.45, 7) is 8.32. The third kappa shape index (κ3) is 1.83. The van der Waals surface area contributed by atoms with E-state index in [0.717, 1.165) is 22.5 Å². The summed E-state index contributed by atoms with van der Waals surface area (Å²) in [7, 11) is -1.28. The fraction of sp³-hybridized carbons (Fsp3) is 0.471. The molecule has 0 aliphatic heterocycles. The number of aryl methyl sites for hydroxylation is 1. The minimum Gasteiger partial charge on any atom is -0.298 e. The molecule has 2 aliphatic carbocycles. The van der Waals surface area contributed by atoms with Gasteiger partial charge in [0.25, 0.3) is 0 Å². The number of carbonyl (C=O) groups excluding carboxylic acids is 1. The van der Waals surface area contributed by atoms with Crippen molar-refractivity contribution in [1.29, 1.82) is 0 Å². The van der Waals surface area contributed by atoms with Crippen LogP contribution in [-0.2, 0) is 15.6 Å². The van der Waals surface area contributed by atoms with Gasteiger partial charge in [-0.2, -0.15) is 0 Å². The number of carbonyl (C=O) groups is 1. The minimum atomic E-state index is -1.28. The van der Waals surface area contributed by atoms with Gasteiger partial charge in [-0.15, -0.1) is 0 Å². The molecular weight excluding hydrogens is 268 g/mol. The fourth-order valence-electron chi connectivity index (χ4n) is 3.58. The molecule has 106 valence electrons. The second kappa shape index (κ2) is 4.39. The zero-order valence-electron chi connectivity index (χ0n) is 12.1. The molecule has 20 heavy (non-hydrogen) atoms. The molecule has 0 radical (unpaired) electrons. The highest BCUT2D eigenvalue weighted by Crippen LogP contribution is 2.57. The average molecular weight is 288 g/mol. The maximum atomic E-state index is 13.0. The molecule has 0 spiro atoms. The molecule has 2 saturated carbocycles. The van der Waals surface area contributed by atoms with Gasteiger partial charge in [0, 0.05) is 11.3 Å². The summed E-state index contributed by atoms with van der Waals surface area (Å²) in [6, 6.07) is 7.70. The Kier molecular flexibility index (Phi) is 3.02. The normalized spacial score (nSPS) is 34.3. The Labute approximate surface area is 122 Å². The van der Waals surface area contributed by atoms with Gasteiger partial charge in [-0.05, 0) is 43.7 Å². The highest BCUT2D eigenvalue weighted by Gasteiger charge is 2.59. The van der Waals surface area contributed by atoms with Crippen molar-refractivity contribution >= 4 is 16.6 Å². The van der Waals surface area contributed by atoms with E-state index in [-0.39, 0.29) is 11.2 Å². The first-order valence-electron chi connectivity index (χ1n) is 7.08. The van der Waals surface area contributed by atoms with Crippen LogP contribution in [0.1, 0.15) is 38.2 Å². The summed E-state index contributed by atoms with van der Waals surface area (Å²) in [5.41, 5.74) is 2.23. The fourth-order valence-corrected chi connectivity index (χ4v) is 5.48. The molecule has 0 amide bonds. The van der Waals surface area contributed by atoms with Crippen molar-refractivity contribution < 1.29 is 9.00 Å². The number of rotatable bonds is 2. The molecule has 2 bridgehead atoms. The van der Waals surface area contributed by atoms with E-state index in [2.05, 4.69) is 13.5 Å². The maximum absolute atomic E-state index is 13.0. The molecule has 0 N–H and O–H groups in total. The van der Waals surface area contributed by atoms with E-state index < -0.39 is 15.5 Å². The Bertz CT molecular complexity index is 616. The van der Waals surface area contributed by atoms with E-state index in [1.165, 1.54) is 0 Å².